The number of hydrogen-bond acceptors (Lipinski definition) is 1. The van der Waals surface area contributed by atoms with Crippen LogP contribution in [-0.4, -0.2) is 6.04 Å². The summed E-state index contributed by atoms with van der Waals surface area (Å²) in [5.74, 6) is 0. The van der Waals surface area contributed by atoms with E-state index in [0.717, 1.165) is 12.8 Å². The van der Waals surface area contributed by atoms with Crippen LogP contribution < -0.4 is 4.90 Å². The summed E-state index contributed by atoms with van der Waals surface area (Å²) in [6.45, 7) is 2.13. The standard InChI is InChI=1S/C20H21N/c1-17-13-15-20(16-14-17)21(19-11-7-4-8-12-19)18-9-5-2-3-6-10-18/h2-7,9-11,13-16,18H,8,12H2,1H3. The molecule has 0 amide bonds. The summed E-state index contributed by atoms with van der Waals surface area (Å²) in [5.41, 5.74) is 3.93. The summed E-state index contributed by atoms with van der Waals surface area (Å²) in [7, 11) is 0. The molecule has 0 N–H and O–H groups in total. The molecule has 0 bridgehead atoms. The molecular weight excluding hydrogens is 254 g/mol. The second-order valence-electron chi connectivity index (χ2n) is 5.48. The van der Waals surface area contributed by atoms with Gasteiger partial charge >= 0.3 is 0 Å². The van der Waals surface area contributed by atoms with Crippen molar-refractivity contribution in [2.75, 3.05) is 4.90 Å². The molecule has 0 aliphatic heterocycles. The third-order valence-electron chi connectivity index (χ3n) is 3.86. The van der Waals surface area contributed by atoms with E-state index in [1.807, 2.05) is 0 Å². The highest BCUT2D eigenvalue weighted by Gasteiger charge is 2.19. The van der Waals surface area contributed by atoms with E-state index in [1.54, 1.807) is 0 Å². The Morgan fingerprint density at radius 2 is 1.62 bits per heavy atom. The van der Waals surface area contributed by atoms with Crippen molar-refractivity contribution in [2.45, 2.75) is 25.8 Å². The minimum absolute atomic E-state index is 0.264. The Balaban J connectivity index is 2.00. The fraction of sp³-hybridized carbons (Fsp3) is 0.200. The van der Waals surface area contributed by atoms with E-state index in [-0.39, 0.29) is 6.04 Å². The van der Waals surface area contributed by atoms with E-state index >= 15 is 0 Å². The molecule has 0 saturated heterocycles. The Hall–Kier alpha value is -2.28. The van der Waals surface area contributed by atoms with E-state index < -0.39 is 0 Å². The second-order valence-corrected chi connectivity index (χ2v) is 5.48. The van der Waals surface area contributed by atoms with Crippen LogP contribution in [0.3, 0.4) is 0 Å². The van der Waals surface area contributed by atoms with Gasteiger partial charge in [-0.05, 0) is 38.0 Å². The summed E-state index contributed by atoms with van der Waals surface area (Å²) >= 11 is 0. The quantitative estimate of drug-likeness (QED) is 0.743. The molecule has 1 aromatic rings. The average Bonchev–Trinajstić information content (AvgIpc) is 2.80. The first-order valence-electron chi connectivity index (χ1n) is 7.58. The molecule has 2 aliphatic carbocycles. The van der Waals surface area contributed by atoms with Crippen LogP contribution in [0.25, 0.3) is 0 Å². The summed E-state index contributed by atoms with van der Waals surface area (Å²) in [6, 6.07) is 9.07. The van der Waals surface area contributed by atoms with Gasteiger partial charge in [-0.2, -0.15) is 0 Å². The molecule has 1 nitrogen and oxygen atoms in total. The van der Waals surface area contributed by atoms with E-state index in [2.05, 4.69) is 90.8 Å². The van der Waals surface area contributed by atoms with Crippen LogP contribution in [0.15, 0.2) is 84.6 Å². The average molecular weight is 275 g/mol. The number of benzene rings is 1. The highest BCUT2D eigenvalue weighted by Crippen LogP contribution is 2.28. The van der Waals surface area contributed by atoms with Gasteiger partial charge in [0.25, 0.3) is 0 Å². The van der Waals surface area contributed by atoms with Crippen LogP contribution in [0, 0.1) is 6.92 Å². The molecule has 0 radical (unpaired) electrons. The van der Waals surface area contributed by atoms with Crippen molar-refractivity contribution in [1.82, 2.24) is 0 Å². The lowest BCUT2D eigenvalue weighted by molar-refractivity contribution is 0.810. The van der Waals surface area contributed by atoms with Gasteiger partial charge in [0.05, 0.1) is 6.04 Å². The van der Waals surface area contributed by atoms with Gasteiger partial charge in [-0.15, -0.1) is 0 Å². The summed E-state index contributed by atoms with van der Waals surface area (Å²) in [6.07, 6.45) is 21.8. The SMILES string of the molecule is Cc1ccc(N(C2=CC=CCC2)C2C=CC=CC=C2)cc1. The zero-order valence-corrected chi connectivity index (χ0v) is 12.4. The van der Waals surface area contributed by atoms with Gasteiger partial charge in [-0.1, -0.05) is 66.3 Å². The van der Waals surface area contributed by atoms with Crippen LogP contribution in [-0.2, 0) is 0 Å². The monoisotopic (exact) mass is 275 g/mol. The topological polar surface area (TPSA) is 3.24 Å². The normalized spacial score (nSPS) is 17.7. The number of rotatable bonds is 3. The fourth-order valence-electron chi connectivity index (χ4n) is 2.75. The number of anilines is 1. The Morgan fingerprint density at radius 3 is 2.24 bits per heavy atom. The number of aryl methyl sites for hydroxylation is 1. The molecule has 21 heavy (non-hydrogen) atoms. The number of allylic oxidation sites excluding steroid dienone is 8. The molecule has 0 saturated carbocycles. The van der Waals surface area contributed by atoms with Crippen LogP contribution >= 0.6 is 0 Å². The molecule has 3 rings (SSSR count). The molecule has 0 atom stereocenters. The van der Waals surface area contributed by atoms with Crippen molar-refractivity contribution >= 4 is 5.69 Å². The van der Waals surface area contributed by atoms with Crippen LogP contribution in [0.2, 0.25) is 0 Å². The molecule has 0 aromatic heterocycles. The molecule has 0 unspecified atom stereocenters. The Bertz CT molecular complexity index is 610. The van der Waals surface area contributed by atoms with Crippen molar-refractivity contribution in [2.24, 2.45) is 0 Å². The molecule has 0 fully saturated rings. The van der Waals surface area contributed by atoms with Crippen molar-refractivity contribution in [3.05, 3.63) is 90.2 Å². The van der Waals surface area contributed by atoms with Crippen LogP contribution in [0.5, 0.6) is 0 Å². The van der Waals surface area contributed by atoms with Crippen LogP contribution in [0.1, 0.15) is 18.4 Å². The zero-order chi connectivity index (χ0) is 14.5. The first-order valence-corrected chi connectivity index (χ1v) is 7.58. The van der Waals surface area contributed by atoms with Gasteiger partial charge in [0.15, 0.2) is 0 Å². The predicted octanol–water partition coefficient (Wildman–Crippen LogP) is 5.09. The van der Waals surface area contributed by atoms with Gasteiger partial charge < -0.3 is 4.90 Å². The van der Waals surface area contributed by atoms with E-state index in [9.17, 15) is 0 Å². The van der Waals surface area contributed by atoms with Crippen molar-refractivity contribution in [1.29, 1.82) is 0 Å². The fourth-order valence-corrected chi connectivity index (χ4v) is 2.75. The molecule has 0 spiro atoms. The summed E-state index contributed by atoms with van der Waals surface area (Å²) in [4.78, 5) is 2.43. The first kappa shape index (κ1) is 13.7. The second kappa shape index (κ2) is 6.45. The van der Waals surface area contributed by atoms with Gasteiger partial charge in [0.2, 0.25) is 0 Å². The molecule has 0 heterocycles. The van der Waals surface area contributed by atoms with Crippen molar-refractivity contribution in [3.63, 3.8) is 0 Å². The van der Waals surface area contributed by atoms with E-state index in [4.69, 9.17) is 0 Å². The highest BCUT2D eigenvalue weighted by molar-refractivity contribution is 5.57. The maximum absolute atomic E-state index is 2.43. The predicted molar refractivity (Wildman–Crippen MR) is 91.3 cm³/mol. The molecular formula is C20H21N. The first-order chi connectivity index (χ1) is 10.3. The smallest absolute Gasteiger partial charge is 0.0709 e. The Kier molecular flexibility index (Phi) is 4.20. The third kappa shape index (κ3) is 3.25. The lowest BCUT2D eigenvalue weighted by Crippen LogP contribution is -2.32. The summed E-state index contributed by atoms with van der Waals surface area (Å²) < 4.78 is 0. The Labute approximate surface area is 127 Å². The Morgan fingerprint density at radius 1 is 0.905 bits per heavy atom. The van der Waals surface area contributed by atoms with Gasteiger partial charge in [-0.3, -0.25) is 0 Å². The van der Waals surface area contributed by atoms with Crippen molar-refractivity contribution in [3.8, 4) is 0 Å². The summed E-state index contributed by atoms with van der Waals surface area (Å²) in [5, 5.41) is 0. The van der Waals surface area contributed by atoms with E-state index in [0.29, 0.717) is 0 Å². The maximum atomic E-state index is 2.43. The highest BCUT2D eigenvalue weighted by atomic mass is 15.2. The lowest BCUT2D eigenvalue weighted by atomic mass is 10.0. The largest absolute Gasteiger partial charge is 0.335 e. The lowest BCUT2D eigenvalue weighted by Gasteiger charge is -2.33. The maximum Gasteiger partial charge on any atom is 0.0709 e. The minimum Gasteiger partial charge on any atom is -0.335 e. The van der Waals surface area contributed by atoms with Crippen molar-refractivity contribution < 1.29 is 0 Å². The number of hydrogen-bond donors (Lipinski definition) is 0. The molecule has 106 valence electrons. The van der Waals surface area contributed by atoms with Crippen LogP contribution in [0.4, 0.5) is 5.69 Å². The third-order valence-corrected chi connectivity index (χ3v) is 3.86. The molecule has 1 aromatic carbocycles. The van der Waals surface area contributed by atoms with Gasteiger partial charge in [0.1, 0.15) is 0 Å². The zero-order valence-electron chi connectivity index (χ0n) is 12.4. The molecule has 1 heteroatoms. The van der Waals surface area contributed by atoms with Gasteiger partial charge in [0, 0.05) is 11.4 Å². The van der Waals surface area contributed by atoms with Gasteiger partial charge in [-0.25, -0.2) is 0 Å². The minimum atomic E-state index is 0.264. The molecule has 2 aliphatic rings. The number of nitrogens with zero attached hydrogens (tertiary/aromatic N) is 1. The van der Waals surface area contributed by atoms with E-state index in [1.165, 1.54) is 16.9 Å².